The lowest BCUT2D eigenvalue weighted by Gasteiger charge is -2.20. The van der Waals surface area contributed by atoms with Crippen LogP contribution in [0.2, 0.25) is 0 Å². The highest BCUT2D eigenvalue weighted by atomic mass is 16.5. The maximum Gasteiger partial charge on any atom is 0.246 e. The molecule has 104 valence electrons. The van der Waals surface area contributed by atoms with E-state index in [1.54, 1.807) is 6.26 Å². The SMILES string of the molecule is CCNC(C)(C)c1nc(-c2coc3ccccc23)no1. The zero-order valence-electron chi connectivity index (χ0n) is 11.8. The molecule has 1 N–H and O–H groups in total. The molecule has 0 fully saturated rings. The second-order valence-electron chi connectivity index (χ2n) is 5.22. The zero-order chi connectivity index (χ0) is 14.2. The van der Waals surface area contributed by atoms with Crippen LogP contribution in [0.3, 0.4) is 0 Å². The van der Waals surface area contributed by atoms with Crippen molar-refractivity contribution in [1.29, 1.82) is 0 Å². The standard InChI is InChI=1S/C15H17N3O2/c1-4-16-15(2,3)14-17-13(18-20-14)11-9-19-12-8-6-5-7-10(11)12/h5-9,16H,4H2,1-3H3. The van der Waals surface area contributed by atoms with Gasteiger partial charge in [0.05, 0.1) is 11.1 Å². The van der Waals surface area contributed by atoms with Crippen molar-refractivity contribution in [1.82, 2.24) is 15.5 Å². The first kappa shape index (κ1) is 12.9. The van der Waals surface area contributed by atoms with Crippen molar-refractivity contribution < 1.29 is 8.94 Å². The van der Waals surface area contributed by atoms with Crippen molar-refractivity contribution in [3.63, 3.8) is 0 Å². The quantitative estimate of drug-likeness (QED) is 0.788. The molecule has 0 aliphatic heterocycles. The Bertz CT molecular complexity index is 727. The van der Waals surface area contributed by atoms with Crippen LogP contribution >= 0.6 is 0 Å². The molecule has 5 heteroatoms. The molecule has 0 aliphatic carbocycles. The summed E-state index contributed by atoms with van der Waals surface area (Å²) < 4.78 is 10.9. The number of benzene rings is 1. The summed E-state index contributed by atoms with van der Waals surface area (Å²) in [5, 5.41) is 8.37. The number of furan rings is 1. The number of aromatic nitrogens is 2. The maximum atomic E-state index is 5.51. The largest absolute Gasteiger partial charge is 0.464 e. The zero-order valence-corrected chi connectivity index (χ0v) is 11.8. The van der Waals surface area contributed by atoms with E-state index < -0.39 is 0 Å². The van der Waals surface area contributed by atoms with Gasteiger partial charge in [0.1, 0.15) is 11.8 Å². The number of hydrogen-bond donors (Lipinski definition) is 1. The van der Waals surface area contributed by atoms with Gasteiger partial charge >= 0.3 is 0 Å². The summed E-state index contributed by atoms with van der Waals surface area (Å²) in [7, 11) is 0. The van der Waals surface area contributed by atoms with Crippen LogP contribution in [-0.4, -0.2) is 16.7 Å². The third kappa shape index (κ3) is 2.10. The Morgan fingerprint density at radius 1 is 1.25 bits per heavy atom. The minimum atomic E-state index is -0.348. The first-order valence-electron chi connectivity index (χ1n) is 6.67. The molecule has 0 saturated heterocycles. The molecule has 5 nitrogen and oxygen atoms in total. The van der Waals surface area contributed by atoms with E-state index in [1.165, 1.54) is 0 Å². The molecule has 2 aromatic heterocycles. The summed E-state index contributed by atoms with van der Waals surface area (Å²) in [5.41, 5.74) is 1.32. The number of hydrogen-bond acceptors (Lipinski definition) is 5. The molecule has 3 aromatic rings. The molecular weight excluding hydrogens is 254 g/mol. The van der Waals surface area contributed by atoms with Gasteiger partial charge in [0.2, 0.25) is 11.7 Å². The van der Waals surface area contributed by atoms with Crippen molar-refractivity contribution in [2.75, 3.05) is 6.54 Å². The minimum Gasteiger partial charge on any atom is -0.464 e. The Balaban J connectivity index is 2.02. The molecule has 0 bridgehead atoms. The Kier molecular flexibility index (Phi) is 3.06. The lowest BCUT2D eigenvalue weighted by Crippen LogP contribution is -2.36. The Labute approximate surface area is 117 Å². The van der Waals surface area contributed by atoms with Crippen LogP contribution in [-0.2, 0) is 5.54 Å². The van der Waals surface area contributed by atoms with Crippen molar-refractivity contribution in [2.24, 2.45) is 0 Å². The summed E-state index contributed by atoms with van der Waals surface area (Å²) in [6.45, 7) is 6.91. The molecule has 0 atom stereocenters. The predicted octanol–water partition coefficient (Wildman–Crippen LogP) is 3.33. The summed E-state index contributed by atoms with van der Waals surface area (Å²) >= 11 is 0. The first-order valence-corrected chi connectivity index (χ1v) is 6.67. The van der Waals surface area contributed by atoms with Crippen LogP contribution in [0.4, 0.5) is 0 Å². The van der Waals surface area contributed by atoms with Gasteiger partial charge in [-0.15, -0.1) is 0 Å². The summed E-state index contributed by atoms with van der Waals surface area (Å²) in [6.07, 6.45) is 1.67. The smallest absolute Gasteiger partial charge is 0.246 e. The van der Waals surface area contributed by atoms with E-state index in [1.807, 2.05) is 45.0 Å². The molecule has 0 spiro atoms. The van der Waals surface area contributed by atoms with Gasteiger partial charge in [-0.25, -0.2) is 0 Å². The highest BCUT2D eigenvalue weighted by molar-refractivity contribution is 5.91. The van der Waals surface area contributed by atoms with Gasteiger partial charge in [-0.05, 0) is 26.5 Å². The highest BCUT2D eigenvalue weighted by Gasteiger charge is 2.27. The van der Waals surface area contributed by atoms with Gasteiger partial charge in [0, 0.05) is 5.39 Å². The number of fused-ring (bicyclic) bond motifs is 1. The van der Waals surface area contributed by atoms with Gasteiger partial charge < -0.3 is 14.3 Å². The number of nitrogens with one attached hydrogen (secondary N) is 1. The van der Waals surface area contributed by atoms with E-state index in [9.17, 15) is 0 Å². The van der Waals surface area contributed by atoms with E-state index in [4.69, 9.17) is 8.94 Å². The van der Waals surface area contributed by atoms with Gasteiger partial charge in [0.25, 0.3) is 0 Å². The molecule has 2 heterocycles. The van der Waals surface area contributed by atoms with E-state index in [0.29, 0.717) is 11.7 Å². The molecule has 3 rings (SSSR count). The second-order valence-corrected chi connectivity index (χ2v) is 5.22. The molecular formula is C15H17N3O2. The Morgan fingerprint density at radius 3 is 2.85 bits per heavy atom. The van der Waals surface area contributed by atoms with Crippen molar-refractivity contribution in [3.8, 4) is 11.4 Å². The van der Waals surface area contributed by atoms with Gasteiger partial charge in [0.15, 0.2) is 0 Å². The van der Waals surface area contributed by atoms with Crippen LogP contribution in [0.5, 0.6) is 0 Å². The Hall–Kier alpha value is -2.14. The van der Waals surface area contributed by atoms with Gasteiger partial charge in [-0.1, -0.05) is 30.3 Å². The molecule has 0 radical (unpaired) electrons. The molecule has 20 heavy (non-hydrogen) atoms. The van der Waals surface area contributed by atoms with Crippen LogP contribution in [0.15, 0.2) is 39.5 Å². The minimum absolute atomic E-state index is 0.348. The normalized spacial score (nSPS) is 12.2. The topological polar surface area (TPSA) is 64.1 Å². The van der Waals surface area contributed by atoms with Crippen molar-refractivity contribution in [2.45, 2.75) is 26.3 Å². The first-order chi connectivity index (χ1) is 9.62. The monoisotopic (exact) mass is 271 g/mol. The third-order valence-corrected chi connectivity index (χ3v) is 3.30. The van der Waals surface area contributed by atoms with Crippen molar-refractivity contribution in [3.05, 3.63) is 36.4 Å². The van der Waals surface area contributed by atoms with Crippen LogP contribution in [0.1, 0.15) is 26.7 Å². The van der Waals surface area contributed by atoms with Crippen LogP contribution in [0, 0.1) is 0 Å². The average molecular weight is 271 g/mol. The molecule has 0 amide bonds. The maximum absolute atomic E-state index is 5.51. The second kappa shape index (κ2) is 4.76. The summed E-state index contributed by atoms with van der Waals surface area (Å²) in [5.74, 6) is 1.12. The number of nitrogens with zero attached hydrogens (tertiary/aromatic N) is 2. The molecule has 0 saturated carbocycles. The fourth-order valence-electron chi connectivity index (χ4n) is 2.26. The predicted molar refractivity (Wildman–Crippen MR) is 76.2 cm³/mol. The lowest BCUT2D eigenvalue weighted by molar-refractivity contribution is 0.272. The summed E-state index contributed by atoms with van der Waals surface area (Å²) in [6, 6.07) is 7.80. The highest BCUT2D eigenvalue weighted by Crippen LogP contribution is 2.29. The fourth-order valence-corrected chi connectivity index (χ4v) is 2.26. The molecule has 0 aliphatic rings. The molecule has 0 unspecified atom stereocenters. The van der Waals surface area contributed by atoms with Crippen LogP contribution in [0.25, 0.3) is 22.4 Å². The third-order valence-electron chi connectivity index (χ3n) is 3.30. The van der Waals surface area contributed by atoms with Crippen LogP contribution < -0.4 is 5.32 Å². The van der Waals surface area contributed by atoms with E-state index in [-0.39, 0.29) is 5.54 Å². The van der Waals surface area contributed by atoms with Gasteiger partial charge in [-0.2, -0.15) is 4.98 Å². The summed E-state index contributed by atoms with van der Waals surface area (Å²) in [4.78, 5) is 4.49. The van der Waals surface area contributed by atoms with Crippen molar-refractivity contribution >= 4 is 11.0 Å². The van der Waals surface area contributed by atoms with Gasteiger partial charge in [-0.3, -0.25) is 0 Å². The van der Waals surface area contributed by atoms with E-state index >= 15 is 0 Å². The lowest BCUT2D eigenvalue weighted by atomic mass is 10.1. The number of rotatable bonds is 4. The average Bonchev–Trinajstić information content (AvgIpc) is 3.05. The number of para-hydroxylation sites is 1. The molecule has 1 aromatic carbocycles. The Morgan fingerprint density at radius 2 is 2.05 bits per heavy atom. The van der Waals surface area contributed by atoms with E-state index in [2.05, 4.69) is 15.5 Å². The fraction of sp³-hybridized carbons (Fsp3) is 0.333. The van der Waals surface area contributed by atoms with E-state index in [0.717, 1.165) is 23.1 Å².